The van der Waals surface area contributed by atoms with E-state index in [1.165, 1.54) is 0 Å². The van der Waals surface area contributed by atoms with E-state index in [0.717, 1.165) is 0 Å². The van der Waals surface area contributed by atoms with Crippen molar-refractivity contribution in [2.24, 2.45) is 0 Å². The van der Waals surface area contributed by atoms with E-state index in [0.29, 0.717) is 43.0 Å². The molecule has 0 bridgehead atoms. The third-order valence-corrected chi connectivity index (χ3v) is 3.53. The molecule has 0 aliphatic heterocycles. The number of benzene rings is 1. The summed E-state index contributed by atoms with van der Waals surface area (Å²) in [4.78, 5) is 28.3. The zero-order valence-electron chi connectivity index (χ0n) is 16.0. The third kappa shape index (κ3) is 7.48. The number of alkyl carbamates (subject to hydrolysis) is 1. The minimum Gasteiger partial charge on any atom is -0.444 e. The lowest BCUT2D eigenvalue weighted by atomic mass is 10.1. The van der Waals surface area contributed by atoms with Gasteiger partial charge < -0.3 is 14.8 Å². The number of Topliss-reactive ketones (excluding diaryl/α,β-unsaturated/α-hetero) is 1. The summed E-state index contributed by atoms with van der Waals surface area (Å²) in [6.45, 7) is 5.90. The molecule has 0 atom stereocenters. The minimum atomic E-state index is -0.518. The van der Waals surface area contributed by atoms with Gasteiger partial charge in [-0.15, -0.1) is 0 Å². The van der Waals surface area contributed by atoms with Gasteiger partial charge in [-0.25, -0.2) is 9.78 Å². The molecule has 1 amide bonds. The van der Waals surface area contributed by atoms with Crippen molar-refractivity contribution >= 4 is 11.9 Å². The summed E-state index contributed by atoms with van der Waals surface area (Å²) < 4.78 is 10.9. The van der Waals surface area contributed by atoms with Crippen molar-refractivity contribution in [3.63, 3.8) is 0 Å². The Labute approximate surface area is 159 Å². The average molecular weight is 370 g/mol. The maximum absolute atomic E-state index is 12.5. The van der Waals surface area contributed by atoms with Crippen LogP contribution in [0.5, 0.6) is 11.6 Å². The van der Waals surface area contributed by atoms with Crippen LogP contribution in [0.1, 0.15) is 50.4 Å². The van der Waals surface area contributed by atoms with E-state index >= 15 is 0 Å². The van der Waals surface area contributed by atoms with E-state index in [9.17, 15) is 9.59 Å². The Morgan fingerprint density at radius 3 is 2.48 bits per heavy atom. The highest BCUT2D eigenvalue weighted by Gasteiger charge is 2.16. The molecule has 0 spiro atoms. The van der Waals surface area contributed by atoms with Gasteiger partial charge in [-0.3, -0.25) is 4.79 Å². The number of ketones is 1. The number of hydrogen-bond donors (Lipinski definition) is 1. The standard InChI is InChI=1S/C21H26N2O4/c1-21(2,3)27-20(25)23-14-8-7-13-18(24)17-12-9-15-22-19(17)26-16-10-5-4-6-11-16/h4-6,9-12,15H,7-8,13-14H2,1-3H3,(H,23,25). The van der Waals surface area contributed by atoms with Gasteiger partial charge in [0.25, 0.3) is 0 Å². The molecule has 144 valence electrons. The predicted molar refractivity (Wildman–Crippen MR) is 103 cm³/mol. The summed E-state index contributed by atoms with van der Waals surface area (Å²) in [5.41, 5.74) is -0.0587. The molecule has 0 fully saturated rings. The summed E-state index contributed by atoms with van der Waals surface area (Å²) in [5.74, 6) is 0.902. The first-order valence-corrected chi connectivity index (χ1v) is 9.03. The van der Waals surface area contributed by atoms with Crippen LogP contribution in [-0.2, 0) is 4.74 Å². The van der Waals surface area contributed by atoms with Crippen LogP contribution in [0.3, 0.4) is 0 Å². The van der Waals surface area contributed by atoms with Crippen LogP contribution in [0.4, 0.5) is 4.79 Å². The van der Waals surface area contributed by atoms with Crippen LogP contribution < -0.4 is 10.1 Å². The van der Waals surface area contributed by atoms with E-state index in [4.69, 9.17) is 9.47 Å². The van der Waals surface area contributed by atoms with Gasteiger partial charge in [-0.05, 0) is 57.9 Å². The first-order valence-electron chi connectivity index (χ1n) is 9.03. The number of nitrogens with zero attached hydrogens (tertiary/aromatic N) is 1. The van der Waals surface area contributed by atoms with E-state index in [2.05, 4.69) is 10.3 Å². The van der Waals surface area contributed by atoms with Gasteiger partial charge in [0.1, 0.15) is 11.4 Å². The molecule has 1 heterocycles. The molecule has 0 saturated heterocycles. The molecule has 27 heavy (non-hydrogen) atoms. The monoisotopic (exact) mass is 370 g/mol. The Hall–Kier alpha value is -2.89. The maximum Gasteiger partial charge on any atom is 0.407 e. The summed E-state index contributed by atoms with van der Waals surface area (Å²) >= 11 is 0. The first kappa shape index (κ1) is 20.4. The molecule has 0 radical (unpaired) electrons. The fourth-order valence-electron chi connectivity index (χ4n) is 2.33. The Morgan fingerprint density at radius 1 is 1.04 bits per heavy atom. The minimum absolute atomic E-state index is 0.0358. The topological polar surface area (TPSA) is 77.5 Å². The zero-order chi connectivity index (χ0) is 19.7. The number of rotatable bonds is 8. The quantitative estimate of drug-likeness (QED) is 0.536. The first-order chi connectivity index (χ1) is 12.8. The Morgan fingerprint density at radius 2 is 1.78 bits per heavy atom. The molecular formula is C21H26N2O4. The Bertz CT molecular complexity index is 754. The van der Waals surface area contributed by atoms with Crippen LogP contribution in [0.2, 0.25) is 0 Å². The number of aromatic nitrogens is 1. The average Bonchev–Trinajstić information content (AvgIpc) is 2.61. The van der Waals surface area contributed by atoms with Crippen molar-refractivity contribution in [3.05, 3.63) is 54.2 Å². The fourth-order valence-corrected chi connectivity index (χ4v) is 2.33. The lowest BCUT2D eigenvalue weighted by Gasteiger charge is -2.19. The van der Waals surface area contributed by atoms with E-state index in [1.54, 1.807) is 18.3 Å². The lowest BCUT2D eigenvalue weighted by Crippen LogP contribution is -2.33. The molecule has 1 aromatic heterocycles. The number of carbonyl (C=O) groups is 2. The Kier molecular flexibility index (Phi) is 7.34. The van der Waals surface area contributed by atoms with E-state index < -0.39 is 11.7 Å². The molecule has 1 aromatic carbocycles. The molecule has 2 aromatic rings. The number of nitrogens with one attached hydrogen (secondary N) is 1. The number of ether oxygens (including phenoxy) is 2. The molecule has 0 saturated carbocycles. The smallest absolute Gasteiger partial charge is 0.407 e. The van der Waals surface area contributed by atoms with Crippen molar-refractivity contribution in [2.45, 2.75) is 45.6 Å². The Balaban J connectivity index is 1.80. The van der Waals surface area contributed by atoms with Crippen LogP contribution in [0.25, 0.3) is 0 Å². The van der Waals surface area contributed by atoms with Gasteiger partial charge in [-0.1, -0.05) is 18.2 Å². The number of pyridine rings is 1. The number of amides is 1. The third-order valence-electron chi connectivity index (χ3n) is 3.53. The fraction of sp³-hybridized carbons (Fsp3) is 0.381. The molecule has 0 unspecified atom stereocenters. The molecular weight excluding hydrogens is 344 g/mol. The molecule has 2 rings (SSSR count). The predicted octanol–water partition coefficient (Wildman–Crippen LogP) is 4.75. The largest absolute Gasteiger partial charge is 0.444 e. The van der Waals surface area contributed by atoms with Gasteiger partial charge in [0, 0.05) is 19.2 Å². The van der Waals surface area contributed by atoms with Crippen molar-refractivity contribution in [2.75, 3.05) is 6.54 Å². The second kappa shape index (κ2) is 9.71. The highest BCUT2D eigenvalue weighted by Crippen LogP contribution is 2.24. The molecule has 6 nitrogen and oxygen atoms in total. The van der Waals surface area contributed by atoms with Gasteiger partial charge in [-0.2, -0.15) is 0 Å². The summed E-state index contributed by atoms with van der Waals surface area (Å²) in [5, 5.41) is 2.69. The summed E-state index contributed by atoms with van der Waals surface area (Å²) in [6, 6.07) is 12.7. The van der Waals surface area contributed by atoms with E-state index in [1.807, 2.05) is 51.1 Å². The highest BCUT2D eigenvalue weighted by atomic mass is 16.6. The van der Waals surface area contributed by atoms with Crippen molar-refractivity contribution in [1.82, 2.24) is 10.3 Å². The molecule has 0 aliphatic rings. The lowest BCUT2D eigenvalue weighted by molar-refractivity contribution is 0.0527. The van der Waals surface area contributed by atoms with Crippen molar-refractivity contribution in [1.29, 1.82) is 0 Å². The second-order valence-electron chi connectivity index (χ2n) is 7.08. The molecule has 1 N–H and O–H groups in total. The summed E-state index contributed by atoms with van der Waals surface area (Å²) in [6.07, 6.45) is 2.83. The van der Waals surface area contributed by atoms with Crippen LogP contribution in [0.15, 0.2) is 48.7 Å². The maximum atomic E-state index is 12.5. The highest BCUT2D eigenvalue weighted by molar-refractivity contribution is 5.98. The van der Waals surface area contributed by atoms with Gasteiger partial charge in [0.2, 0.25) is 5.88 Å². The van der Waals surface area contributed by atoms with Crippen molar-refractivity contribution in [3.8, 4) is 11.6 Å². The van der Waals surface area contributed by atoms with Crippen LogP contribution >= 0.6 is 0 Å². The number of para-hydroxylation sites is 1. The van der Waals surface area contributed by atoms with E-state index in [-0.39, 0.29) is 5.78 Å². The number of carbonyl (C=O) groups excluding carboxylic acids is 2. The van der Waals surface area contributed by atoms with Crippen molar-refractivity contribution < 1.29 is 19.1 Å². The number of unbranched alkanes of at least 4 members (excludes halogenated alkanes) is 1. The normalized spacial score (nSPS) is 10.9. The molecule has 0 aliphatic carbocycles. The van der Waals surface area contributed by atoms with Gasteiger partial charge in [0.05, 0.1) is 5.56 Å². The number of hydrogen-bond acceptors (Lipinski definition) is 5. The second-order valence-corrected chi connectivity index (χ2v) is 7.08. The van der Waals surface area contributed by atoms with Gasteiger partial charge in [0.15, 0.2) is 5.78 Å². The zero-order valence-corrected chi connectivity index (χ0v) is 16.0. The van der Waals surface area contributed by atoms with Gasteiger partial charge >= 0.3 is 6.09 Å². The molecule has 6 heteroatoms. The SMILES string of the molecule is CC(C)(C)OC(=O)NCCCCC(=O)c1cccnc1Oc1ccccc1. The summed E-state index contributed by atoms with van der Waals surface area (Å²) in [7, 11) is 0. The van der Waals surface area contributed by atoms with Crippen LogP contribution in [0, 0.1) is 0 Å². The van der Waals surface area contributed by atoms with Crippen LogP contribution in [-0.4, -0.2) is 29.0 Å².